The maximum absolute atomic E-state index is 13.3. The Labute approximate surface area is 196 Å². The number of nitrogens with zero attached hydrogens (tertiary/aromatic N) is 2. The van der Waals surface area contributed by atoms with Gasteiger partial charge in [0.05, 0.1) is 18.5 Å². The molecule has 2 aromatic heterocycles. The van der Waals surface area contributed by atoms with E-state index in [1.54, 1.807) is 32.0 Å². The van der Waals surface area contributed by atoms with E-state index >= 15 is 0 Å². The number of pyridine rings is 1. The maximum Gasteiger partial charge on any atom is 0.196 e. The molecule has 4 N–H and O–H groups in total. The van der Waals surface area contributed by atoms with E-state index in [0.717, 1.165) is 11.1 Å². The number of hydrogen-bond acceptors (Lipinski definition) is 6. The molecule has 4 aromatic rings. The molecule has 0 saturated heterocycles. The largest absolute Gasteiger partial charge is 0.455 e. The van der Waals surface area contributed by atoms with Crippen LogP contribution in [-0.4, -0.2) is 16.0 Å². The van der Waals surface area contributed by atoms with Crippen molar-refractivity contribution in [2.75, 3.05) is 5.32 Å². The Hall–Kier alpha value is -3.84. The van der Waals surface area contributed by atoms with Crippen LogP contribution in [0.4, 0.5) is 5.69 Å². The number of fused-ring (bicyclic) bond motifs is 1. The fourth-order valence-corrected chi connectivity index (χ4v) is 3.87. The zero-order valence-corrected chi connectivity index (χ0v) is 19.1. The van der Waals surface area contributed by atoms with Crippen LogP contribution in [-0.2, 0) is 0 Å². The topological polar surface area (TPSA) is 114 Å². The minimum absolute atomic E-state index is 0.0905. The molecule has 0 aliphatic carbocycles. The SMILES string of the molecule is [2H][C@](C)(Nc1ccc(Cl)nc1/C(N)=N/O)c1cc(C)cc2c(=O)c(C)c(-c3ccccc3)oc12. The molecule has 0 radical (unpaired) electrons. The fourth-order valence-electron chi connectivity index (χ4n) is 3.73. The zero-order chi connectivity index (χ0) is 24.6. The Kier molecular flexibility index (Phi) is 5.71. The van der Waals surface area contributed by atoms with Crippen LogP contribution in [0.3, 0.4) is 0 Å². The third-order valence-corrected chi connectivity index (χ3v) is 5.55. The summed E-state index contributed by atoms with van der Waals surface area (Å²) in [7, 11) is 0. The van der Waals surface area contributed by atoms with Gasteiger partial charge >= 0.3 is 0 Å². The van der Waals surface area contributed by atoms with Crippen molar-refractivity contribution in [2.24, 2.45) is 10.9 Å². The van der Waals surface area contributed by atoms with Gasteiger partial charge in [0.15, 0.2) is 11.3 Å². The summed E-state index contributed by atoms with van der Waals surface area (Å²) in [6.07, 6.45) is 0. The Morgan fingerprint density at radius 3 is 2.67 bits per heavy atom. The number of hydrogen-bond donors (Lipinski definition) is 3. The summed E-state index contributed by atoms with van der Waals surface area (Å²) in [5, 5.41) is 15.8. The van der Waals surface area contributed by atoms with Gasteiger partial charge in [-0.05, 0) is 44.5 Å². The van der Waals surface area contributed by atoms with Gasteiger partial charge in [-0.15, -0.1) is 0 Å². The fraction of sp³-hybridized carbons (Fsp3) is 0.160. The van der Waals surface area contributed by atoms with Gasteiger partial charge in [0.1, 0.15) is 22.2 Å². The predicted molar refractivity (Wildman–Crippen MR) is 131 cm³/mol. The molecule has 0 saturated carbocycles. The summed E-state index contributed by atoms with van der Waals surface area (Å²) in [5.74, 6) is 0.188. The third-order valence-electron chi connectivity index (χ3n) is 5.34. The first-order valence-corrected chi connectivity index (χ1v) is 10.6. The summed E-state index contributed by atoms with van der Waals surface area (Å²) in [6, 6.07) is 14.5. The molecule has 33 heavy (non-hydrogen) atoms. The highest BCUT2D eigenvalue weighted by atomic mass is 35.5. The van der Waals surface area contributed by atoms with Gasteiger partial charge in [0.25, 0.3) is 0 Å². The van der Waals surface area contributed by atoms with E-state index in [0.29, 0.717) is 33.5 Å². The number of aryl methyl sites for hydroxylation is 1. The second-order valence-corrected chi connectivity index (χ2v) is 8.09. The van der Waals surface area contributed by atoms with E-state index in [9.17, 15) is 4.79 Å². The number of amidine groups is 1. The molecule has 0 bridgehead atoms. The molecular formula is C25H23ClN4O3. The van der Waals surface area contributed by atoms with Crippen molar-refractivity contribution in [1.29, 1.82) is 0 Å². The summed E-state index contributed by atoms with van der Waals surface area (Å²) in [5.41, 5.74) is 8.83. The molecule has 0 aliphatic heterocycles. The number of rotatable bonds is 5. The van der Waals surface area contributed by atoms with Crippen molar-refractivity contribution in [3.05, 3.63) is 92.4 Å². The van der Waals surface area contributed by atoms with Crippen LogP contribution in [0.25, 0.3) is 22.3 Å². The van der Waals surface area contributed by atoms with Crippen LogP contribution in [0.15, 0.2) is 69.0 Å². The number of aromatic nitrogens is 1. The van der Waals surface area contributed by atoms with Crippen molar-refractivity contribution in [1.82, 2.24) is 4.98 Å². The third kappa shape index (κ3) is 4.27. The standard InChI is InChI=1S/C25H23ClN4O3/c1-13-11-17(15(3)28-19-9-10-20(26)29-21(19)25(27)30-32)24-18(12-13)22(31)14(2)23(33-24)16-7-5-4-6-8-16/h4-12,15,28,32H,1-3H3,(H2,27,30)/t15-/m1/s1/i15D. The molecule has 2 heterocycles. The van der Waals surface area contributed by atoms with Gasteiger partial charge in [0, 0.05) is 16.7 Å². The van der Waals surface area contributed by atoms with Gasteiger partial charge in [-0.1, -0.05) is 53.2 Å². The minimum atomic E-state index is -1.50. The van der Waals surface area contributed by atoms with Gasteiger partial charge in [0.2, 0.25) is 0 Å². The molecule has 2 aromatic carbocycles. The molecule has 7 nitrogen and oxygen atoms in total. The Bertz CT molecular complexity index is 1480. The molecule has 4 rings (SSSR count). The molecule has 0 fully saturated rings. The highest BCUT2D eigenvalue weighted by Gasteiger charge is 2.20. The number of benzene rings is 2. The van der Waals surface area contributed by atoms with E-state index in [1.807, 2.05) is 37.3 Å². The van der Waals surface area contributed by atoms with Gasteiger partial charge in [-0.25, -0.2) is 4.98 Å². The second kappa shape index (κ2) is 8.96. The van der Waals surface area contributed by atoms with E-state index < -0.39 is 6.02 Å². The Morgan fingerprint density at radius 2 is 1.97 bits per heavy atom. The lowest BCUT2D eigenvalue weighted by molar-refractivity contribution is 0.318. The van der Waals surface area contributed by atoms with Crippen LogP contribution in [0.1, 0.15) is 36.7 Å². The van der Waals surface area contributed by atoms with Gasteiger partial charge in [-0.3, -0.25) is 4.79 Å². The summed E-state index contributed by atoms with van der Waals surface area (Å²) in [6.45, 7) is 5.20. The Balaban J connectivity index is 1.94. The van der Waals surface area contributed by atoms with Crippen LogP contribution >= 0.6 is 11.6 Å². The van der Waals surface area contributed by atoms with Crippen molar-refractivity contribution >= 4 is 34.1 Å². The van der Waals surface area contributed by atoms with Crippen LogP contribution in [0.5, 0.6) is 0 Å². The van der Waals surface area contributed by atoms with E-state index in [4.69, 9.17) is 28.3 Å². The normalized spacial score (nSPS) is 14.1. The molecule has 168 valence electrons. The van der Waals surface area contributed by atoms with Crippen molar-refractivity contribution in [3.8, 4) is 11.3 Å². The van der Waals surface area contributed by atoms with Crippen molar-refractivity contribution < 1.29 is 11.0 Å². The first-order valence-electron chi connectivity index (χ1n) is 10.7. The number of nitrogens with two attached hydrogens (primary N) is 1. The molecule has 0 spiro atoms. The van der Waals surface area contributed by atoms with Crippen LogP contribution in [0.2, 0.25) is 5.15 Å². The summed E-state index contributed by atoms with van der Waals surface area (Å²) in [4.78, 5) is 17.4. The highest BCUT2D eigenvalue weighted by Crippen LogP contribution is 2.32. The van der Waals surface area contributed by atoms with E-state index in [1.165, 1.54) is 6.07 Å². The molecular weight excluding hydrogens is 440 g/mol. The number of halogens is 1. The Morgan fingerprint density at radius 1 is 1.24 bits per heavy atom. The summed E-state index contributed by atoms with van der Waals surface area (Å²) >= 11 is 5.99. The molecule has 0 amide bonds. The number of anilines is 1. The van der Waals surface area contributed by atoms with Crippen LogP contribution < -0.4 is 16.5 Å². The van der Waals surface area contributed by atoms with Crippen LogP contribution in [0, 0.1) is 13.8 Å². The maximum atomic E-state index is 13.3. The van der Waals surface area contributed by atoms with E-state index in [2.05, 4.69) is 15.5 Å². The van der Waals surface area contributed by atoms with E-state index in [-0.39, 0.29) is 22.1 Å². The number of oxime groups is 1. The van der Waals surface area contributed by atoms with Crippen molar-refractivity contribution in [2.45, 2.75) is 26.8 Å². The van der Waals surface area contributed by atoms with Gasteiger partial charge in [-0.2, -0.15) is 0 Å². The van der Waals surface area contributed by atoms with Crippen molar-refractivity contribution in [3.63, 3.8) is 0 Å². The monoisotopic (exact) mass is 463 g/mol. The minimum Gasteiger partial charge on any atom is -0.455 e. The zero-order valence-electron chi connectivity index (χ0n) is 19.3. The first-order chi connectivity index (χ1) is 16.1. The van der Waals surface area contributed by atoms with Gasteiger partial charge < -0.3 is 20.7 Å². The predicted octanol–water partition coefficient (Wildman–Crippen LogP) is 5.39. The first kappa shape index (κ1) is 21.0. The smallest absolute Gasteiger partial charge is 0.196 e. The molecule has 0 unspecified atom stereocenters. The molecule has 0 aliphatic rings. The highest BCUT2D eigenvalue weighted by molar-refractivity contribution is 6.29. The molecule has 1 atom stereocenters. The lowest BCUT2D eigenvalue weighted by atomic mass is 9.98. The molecule has 8 heteroatoms. The lowest BCUT2D eigenvalue weighted by Crippen LogP contribution is -2.19. The number of nitrogens with one attached hydrogen (secondary N) is 1. The summed E-state index contributed by atoms with van der Waals surface area (Å²) < 4.78 is 15.5. The quantitative estimate of drug-likeness (QED) is 0.120. The average Bonchev–Trinajstić information content (AvgIpc) is 2.82. The average molecular weight is 464 g/mol. The second-order valence-electron chi connectivity index (χ2n) is 7.71. The lowest BCUT2D eigenvalue weighted by Gasteiger charge is -2.20.